The van der Waals surface area contributed by atoms with E-state index in [4.69, 9.17) is 0 Å². The second kappa shape index (κ2) is 8.81. The van der Waals surface area contributed by atoms with Gasteiger partial charge in [-0.25, -0.2) is 4.99 Å². The first kappa shape index (κ1) is 17.7. The fourth-order valence-corrected chi connectivity index (χ4v) is 1.99. The van der Waals surface area contributed by atoms with E-state index in [1.165, 1.54) is 0 Å². The van der Waals surface area contributed by atoms with Crippen molar-refractivity contribution in [1.82, 2.24) is 25.4 Å². The highest BCUT2D eigenvalue weighted by molar-refractivity contribution is 14.0. The van der Waals surface area contributed by atoms with Gasteiger partial charge in [0.25, 0.3) is 0 Å². The zero-order valence-electron chi connectivity index (χ0n) is 12.5. The predicted octanol–water partition coefficient (Wildman–Crippen LogP) is 1.68. The maximum absolute atomic E-state index is 4.56. The second-order valence-corrected chi connectivity index (χ2v) is 4.84. The first-order valence-electron chi connectivity index (χ1n) is 6.86. The molecule has 116 valence electrons. The van der Waals surface area contributed by atoms with Crippen molar-refractivity contribution in [3.63, 3.8) is 0 Å². The van der Waals surface area contributed by atoms with E-state index in [-0.39, 0.29) is 24.0 Å². The van der Waals surface area contributed by atoms with Gasteiger partial charge in [0.1, 0.15) is 12.4 Å². The summed E-state index contributed by atoms with van der Waals surface area (Å²) < 4.78 is 1.95. The van der Waals surface area contributed by atoms with E-state index < -0.39 is 0 Å². The van der Waals surface area contributed by atoms with E-state index in [2.05, 4.69) is 44.6 Å². The van der Waals surface area contributed by atoms with Gasteiger partial charge >= 0.3 is 0 Å². The maximum Gasteiger partial charge on any atom is 0.192 e. The van der Waals surface area contributed by atoms with Crippen LogP contribution in [-0.2, 0) is 13.6 Å². The Morgan fingerprint density at radius 1 is 1.48 bits per heavy atom. The fourth-order valence-electron chi connectivity index (χ4n) is 1.99. The van der Waals surface area contributed by atoms with Crippen LogP contribution < -0.4 is 10.6 Å². The molecular formula is C14H23IN6. The van der Waals surface area contributed by atoms with Crippen LogP contribution in [0, 0.1) is 6.92 Å². The molecule has 0 aromatic carbocycles. The molecular weight excluding hydrogens is 379 g/mol. The van der Waals surface area contributed by atoms with Gasteiger partial charge in [-0.2, -0.15) is 0 Å². The van der Waals surface area contributed by atoms with Gasteiger partial charge in [-0.15, -0.1) is 40.8 Å². The van der Waals surface area contributed by atoms with Crippen LogP contribution in [0.25, 0.3) is 0 Å². The number of aryl methyl sites for hydroxylation is 1. The minimum atomic E-state index is 0. The molecule has 6 nitrogen and oxygen atoms in total. The number of rotatable bonds is 5. The Bertz CT molecular complexity index is 512. The Labute approximate surface area is 142 Å². The van der Waals surface area contributed by atoms with Gasteiger partial charge in [-0.05, 0) is 19.8 Å². The van der Waals surface area contributed by atoms with E-state index >= 15 is 0 Å². The zero-order valence-corrected chi connectivity index (χ0v) is 14.9. The van der Waals surface area contributed by atoms with E-state index in [0.717, 1.165) is 30.5 Å². The number of aliphatic imine (C=N–C) groups is 1. The Hall–Kier alpha value is -1.38. The smallest absolute Gasteiger partial charge is 0.192 e. The summed E-state index contributed by atoms with van der Waals surface area (Å²) in [5, 5.41) is 14.8. The van der Waals surface area contributed by atoms with E-state index in [0.29, 0.717) is 19.1 Å². The normalized spacial score (nSPS) is 14.9. The second-order valence-electron chi connectivity index (χ2n) is 4.84. The number of nitrogens with zero attached hydrogens (tertiary/aromatic N) is 4. The molecule has 0 spiro atoms. The fraction of sp³-hybridized carbons (Fsp3) is 0.500. The molecule has 0 aliphatic heterocycles. The molecule has 21 heavy (non-hydrogen) atoms. The molecule has 1 aliphatic carbocycles. The van der Waals surface area contributed by atoms with Crippen LogP contribution in [0.5, 0.6) is 0 Å². The summed E-state index contributed by atoms with van der Waals surface area (Å²) in [5.41, 5.74) is 0. The van der Waals surface area contributed by atoms with E-state index in [1.807, 2.05) is 24.6 Å². The third-order valence-corrected chi connectivity index (χ3v) is 3.32. The highest BCUT2D eigenvalue weighted by Crippen LogP contribution is 2.08. The number of halogens is 1. The molecule has 1 aromatic heterocycles. The lowest BCUT2D eigenvalue weighted by Gasteiger charge is -2.16. The molecule has 0 fully saturated rings. The first-order chi connectivity index (χ1) is 9.70. The van der Waals surface area contributed by atoms with Crippen molar-refractivity contribution in [2.45, 2.75) is 32.4 Å². The van der Waals surface area contributed by atoms with Crippen molar-refractivity contribution in [3.05, 3.63) is 36.5 Å². The minimum Gasteiger partial charge on any atom is -0.353 e. The highest BCUT2D eigenvalue weighted by atomic mass is 127. The third kappa shape index (κ3) is 5.14. The van der Waals surface area contributed by atoms with Crippen LogP contribution in [0.3, 0.4) is 0 Å². The Kier molecular flexibility index (Phi) is 7.41. The standard InChI is InChI=1S/C14H22N6.HI/c1-4-9-15-14(17-12-7-5-6-8-12)16-10-13-19-18-11(2)20(13)3;/h4-6,12H,1,7-10H2,2-3H3,(H2,15,16,17);1H. The summed E-state index contributed by atoms with van der Waals surface area (Å²) in [6.07, 6.45) is 8.27. The lowest BCUT2D eigenvalue weighted by molar-refractivity contribution is 0.633. The Morgan fingerprint density at radius 3 is 2.76 bits per heavy atom. The van der Waals surface area contributed by atoms with Gasteiger partial charge in [0.05, 0.1) is 0 Å². The number of guanidine groups is 1. The molecule has 0 atom stereocenters. The van der Waals surface area contributed by atoms with Gasteiger partial charge < -0.3 is 15.2 Å². The zero-order chi connectivity index (χ0) is 14.4. The molecule has 0 radical (unpaired) electrons. The van der Waals surface area contributed by atoms with E-state index in [1.54, 1.807) is 0 Å². The van der Waals surface area contributed by atoms with Crippen molar-refractivity contribution >= 4 is 29.9 Å². The third-order valence-electron chi connectivity index (χ3n) is 3.32. The quantitative estimate of drug-likeness (QED) is 0.341. The van der Waals surface area contributed by atoms with Crippen molar-refractivity contribution < 1.29 is 0 Å². The molecule has 1 heterocycles. The highest BCUT2D eigenvalue weighted by Gasteiger charge is 2.12. The van der Waals surface area contributed by atoms with Gasteiger partial charge in [0, 0.05) is 19.6 Å². The molecule has 0 saturated carbocycles. The average Bonchev–Trinajstić information content (AvgIpc) is 3.06. The number of hydrogen-bond donors (Lipinski definition) is 2. The van der Waals surface area contributed by atoms with Crippen LogP contribution in [-0.4, -0.2) is 33.3 Å². The Balaban J connectivity index is 0.00000220. The SMILES string of the molecule is C=CCNC(=NCc1nnc(C)n1C)NC1CC=CC1.I. The largest absolute Gasteiger partial charge is 0.353 e. The van der Waals surface area contributed by atoms with Crippen molar-refractivity contribution in [2.24, 2.45) is 12.0 Å². The van der Waals surface area contributed by atoms with Crippen molar-refractivity contribution in [3.8, 4) is 0 Å². The van der Waals surface area contributed by atoms with Crippen molar-refractivity contribution in [2.75, 3.05) is 6.54 Å². The van der Waals surface area contributed by atoms with Gasteiger partial charge in [0.2, 0.25) is 0 Å². The summed E-state index contributed by atoms with van der Waals surface area (Å²) in [6.45, 7) is 6.83. The number of nitrogens with one attached hydrogen (secondary N) is 2. The van der Waals surface area contributed by atoms with Crippen LogP contribution in [0.4, 0.5) is 0 Å². The predicted molar refractivity (Wildman–Crippen MR) is 95.8 cm³/mol. The molecule has 7 heteroatoms. The molecule has 1 aromatic rings. The summed E-state index contributed by atoms with van der Waals surface area (Å²) in [6, 6.07) is 0.423. The molecule has 1 aliphatic rings. The molecule has 2 rings (SSSR count). The molecule has 0 bridgehead atoms. The van der Waals surface area contributed by atoms with Crippen LogP contribution in [0.2, 0.25) is 0 Å². The Morgan fingerprint density at radius 2 is 2.19 bits per heavy atom. The summed E-state index contributed by atoms with van der Waals surface area (Å²) in [4.78, 5) is 4.56. The molecule has 0 saturated heterocycles. The monoisotopic (exact) mass is 402 g/mol. The molecule has 0 amide bonds. The minimum absolute atomic E-state index is 0. The lowest BCUT2D eigenvalue weighted by Crippen LogP contribution is -2.42. The van der Waals surface area contributed by atoms with Crippen LogP contribution >= 0.6 is 24.0 Å². The van der Waals surface area contributed by atoms with Gasteiger partial charge in [-0.1, -0.05) is 18.2 Å². The van der Waals surface area contributed by atoms with Gasteiger partial charge in [-0.3, -0.25) is 0 Å². The molecule has 0 unspecified atom stereocenters. The number of aromatic nitrogens is 3. The summed E-state index contributed by atoms with van der Waals surface area (Å²) >= 11 is 0. The number of hydrogen-bond acceptors (Lipinski definition) is 3. The van der Waals surface area contributed by atoms with Crippen molar-refractivity contribution in [1.29, 1.82) is 0 Å². The molecule has 2 N–H and O–H groups in total. The topological polar surface area (TPSA) is 67.1 Å². The van der Waals surface area contributed by atoms with Crippen LogP contribution in [0.1, 0.15) is 24.5 Å². The average molecular weight is 402 g/mol. The maximum atomic E-state index is 4.56. The first-order valence-corrected chi connectivity index (χ1v) is 6.86. The summed E-state index contributed by atoms with van der Waals surface area (Å²) in [7, 11) is 1.95. The van der Waals surface area contributed by atoms with Crippen LogP contribution in [0.15, 0.2) is 29.8 Å². The van der Waals surface area contributed by atoms with E-state index in [9.17, 15) is 0 Å². The lowest BCUT2D eigenvalue weighted by atomic mass is 10.2. The summed E-state index contributed by atoms with van der Waals surface area (Å²) in [5.74, 6) is 2.54. The van der Waals surface area contributed by atoms with Gasteiger partial charge in [0.15, 0.2) is 11.8 Å².